The molecule has 166 valence electrons. The summed E-state index contributed by atoms with van der Waals surface area (Å²) in [6, 6.07) is 10.3. The van der Waals surface area contributed by atoms with Crippen molar-refractivity contribution >= 4 is 23.4 Å². The zero-order chi connectivity index (χ0) is 22.8. The first-order valence-electron chi connectivity index (χ1n) is 10.4. The smallest absolute Gasteiger partial charge is 0.338 e. The second-order valence-corrected chi connectivity index (χ2v) is 8.56. The summed E-state index contributed by atoms with van der Waals surface area (Å²) in [5, 5.41) is 0. The van der Waals surface area contributed by atoms with Gasteiger partial charge in [0.2, 0.25) is 0 Å². The lowest BCUT2D eigenvalue weighted by atomic mass is 9.96. The van der Waals surface area contributed by atoms with Crippen molar-refractivity contribution in [2.24, 2.45) is 4.99 Å². The third-order valence-corrected chi connectivity index (χ3v) is 5.89. The molecule has 0 radical (unpaired) electrons. The summed E-state index contributed by atoms with van der Waals surface area (Å²) in [6.07, 6.45) is 2.94. The Kier molecular flexibility index (Phi) is 6.14. The molecule has 2 aromatic heterocycles. The lowest BCUT2D eigenvalue weighted by molar-refractivity contribution is -0.143. The summed E-state index contributed by atoms with van der Waals surface area (Å²) >= 11 is 1.26. The number of ether oxygens (including phenoxy) is 2. The fourth-order valence-electron chi connectivity index (χ4n) is 3.59. The molecule has 32 heavy (non-hydrogen) atoms. The highest BCUT2D eigenvalue weighted by Crippen LogP contribution is 2.31. The van der Waals surface area contributed by atoms with Crippen molar-refractivity contribution in [1.29, 1.82) is 0 Å². The molecule has 0 amide bonds. The number of hydrogen-bond acceptors (Lipinski definition) is 7. The van der Waals surface area contributed by atoms with Crippen LogP contribution in [0.5, 0.6) is 5.75 Å². The van der Waals surface area contributed by atoms with Crippen molar-refractivity contribution in [2.75, 3.05) is 6.61 Å². The highest BCUT2D eigenvalue weighted by atomic mass is 32.1. The Morgan fingerprint density at radius 2 is 2.03 bits per heavy atom. The van der Waals surface area contributed by atoms with Gasteiger partial charge in [-0.25, -0.2) is 9.79 Å². The highest BCUT2D eigenvalue weighted by molar-refractivity contribution is 7.07. The molecular formula is C24H24N2O5S. The Bertz CT molecular complexity index is 1330. The van der Waals surface area contributed by atoms with Crippen LogP contribution in [0.25, 0.3) is 6.08 Å². The topological polar surface area (TPSA) is 83.0 Å². The minimum Gasteiger partial charge on any atom is -0.494 e. The molecule has 3 aromatic rings. The SMILES string of the molecule is CCOc1ccc([C@@H]2C(C(=O)OC(C)C)=C(C)N=c3s/c(=C/c4ccco4)c(=O)n32)cc1. The number of allylic oxidation sites excluding steroid dienone is 1. The molecule has 8 heteroatoms. The van der Waals surface area contributed by atoms with Crippen LogP contribution in [0.1, 0.15) is 45.1 Å². The number of thiazole rings is 1. The van der Waals surface area contributed by atoms with Gasteiger partial charge in [0, 0.05) is 6.08 Å². The number of hydrogen-bond donors (Lipinski definition) is 0. The van der Waals surface area contributed by atoms with Gasteiger partial charge in [0.1, 0.15) is 11.5 Å². The lowest BCUT2D eigenvalue weighted by Crippen LogP contribution is -2.40. The van der Waals surface area contributed by atoms with Crippen molar-refractivity contribution in [1.82, 2.24) is 4.57 Å². The number of esters is 1. The summed E-state index contributed by atoms with van der Waals surface area (Å²) in [4.78, 5) is 31.6. The van der Waals surface area contributed by atoms with Gasteiger partial charge in [-0.15, -0.1) is 0 Å². The Hall–Kier alpha value is -3.39. The van der Waals surface area contributed by atoms with Crippen LogP contribution in [0.2, 0.25) is 0 Å². The molecule has 0 unspecified atom stereocenters. The maximum Gasteiger partial charge on any atom is 0.338 e. The number of rotatable bonds is 6. The number of carbonyl (C=O) groups excluding carboxylic acids is 1. The van der Waals surface area contributed by atoms with E-state index >= 15 is 0 Å². The van der Waals surface area contributed by atoms with Crippen LogP contribution in [0, 0.1) is 0 Å². The standard InChI is InChI=1S/C24H24N2O5S/c1-5-29-17-10-8-16(9-11-17)21-20(23(28)31-14(2)3)15(4)25-24-26(21)22(27)19(32-24)13-18-7-6-12-30-18/h6-14,21H,5H2,1-4H3/b19-13+/t21-/m1/s1. The van der Waals surface area contributed by atoms with Crippen molar-refractivity contribution < 1.29 is 18.7 Å². The Morgan fingerprint density at radius 3 is 2.66 bits per heavy atom. The van der Waals surface area contributed by atoms with Crippen LogP contribution in [0.4, 0.5) is 0 Å². The number of aromatic nitrogens is 1. The van der Waals surface area contributed by atoms with Crippen LogP contribution in [-0.4, -0.2) is 23.2 Å². The first-order valence-corrected chi connectivity index (χ1v) is 11.2. The zero-order valence-corrected chi connectivity index (χ0v) is 19.1. The van der Waals surface area contributed by atoms with E-state index in [2.05, 4.69) is 4.99 Å². The first kappa shape index (κ1) is 21.8. The third kappa shape index (κ3) is 4.18. The van der Waals surface area contributed by atoms with Crippen LogP contribution < -0.4 is 19.6 Å². The summed E-state index contributed by atoms with van der Waals surface area (Å²) in [6.45, 7) is 7.81. The average Bonchev–Trinajstić information content (AvgIpc) is 3.36. The predicted molar refractivity (Wildman–Crippen MR) is 121 cm³/mol. The van der Waals surface area contributed by atoms with E-state index in [0.717, 1.165) is 5.56 Å². The van der Waals surface area contributed by atoms with Gasteiger partial charge in [0.15, 0.2) is 4.80 Å². The van der Waals surface area contributed by atoms with Gasteiger partial charge in [-0.1, -0.05) is 23.5 Å². The third-order valence-electron chi connectivity index (χ3n) is 4.91. The molecule has 1 aliphatic rings. The Labute approximate surface area is 188 Å². The maximum absolute atomic E-state index is 13.4. The minimum absolute atomic E-state index is 0.244. The van der Waals surface area contributed by atoms with Crippen LogP contribution in [0.3, 0.4) is 0 Å². The van der Waals surface area contributed by atoms with Crippen LogP contribution in [-0.2, 0) is 9.53 Å². The van der Waals surface area contributed by atoms with E-state index in [1.54, 1.807) is 49.8 Å². The van der Waals surface area contributed by atoms with Gasteiger partial charge in [-0.05, 0) is 57.5 Å². The largest absolute Gasteiger partial charge is 0.494 e. The summed E-state index contributed by atoms with van der Waals surface area (Å²) in [7, 11) is 0. The normalized spacial score (nSPS) is 16.2. The molecule has 1 aromatic carbocycles. The number of fused-ring (bicyclic) bond motifs is 1. The number of benzene rings is 1. The minimum atomic E-state index is -0.660. The van der Waals surface area contributed by atoms with Crippen LogP contribution in [0.15, 0.2) is 68.1 Å². The molecule has 7 nitrogen and oxygen atoms in total. The molecule has 1 aliphatic heterocycles. The molecule has 4 rings (SSSR count). The molecule has 0 bridgehead atoms. The maximum atomic E-state index is 13.4. The van der Waals surface area contributed by atoms with Crippen LogP contribution >= 0.6 is 11.3 Å². The fourth-order valence-corrected chi connectivity index (χ4v) is 4.62. The fraction of sp³-hybridized carbons (Fsp3) is 0.292. The second-order valence-electron chi connectivity index (χ2n) is 7.55. The molecule has 1 atom stereocenters. The van der Waals surface area contributed by atoms with Crippen molar-refractivity contribution in [3.63, 3.8) is 0 Å². The average molecular weight is 453 g/mol. The lowest BCUT2D eigenvalue weighted by Gasteiger charge is -2.25. The van der Waals surface area contributed by atoms with Crippen molar-refractivity contribution in [3.8, 4) is 5.75 Å². The van der Waals surface area contributed by atoms with Gasteiger partial charge in [-0.2, -0.15) is 0 Å². The molecule has 0 fully saturated rings. The van der Waals surface area contributed by atoms with E-state index in [1.165, 1.54) is 11.3 Å². The van der Waals surface area contributed by atoms with Gasteiger partial charge in [0.05, 0.1) is 40.8 Å². The quantitative estimate of drug-likeness (QED) is 0.537. The molecule has 3 heterocycles. The molecule has 0 aliphatic carbocycles. The van der Waals surface area contributed by atoms with Gasteiger partial charge in [-0.3, -0.25) is 9.36 Å². The Morgan fingerprint density at radius 1 is 1.28 bits per heavy atom. The molecule has 0 saturated carbocycles. The van der Waals surface area contributed by atoms with E-state index in [0.29, 0.717) is 38.7 Å². The second kappa shape index (κ2) is 9.00. The zero-order valence-electron chi connectivity index (χ0n) is 18.3. The molecule has 0 saturated heterocycles. The number of furan rings is 1. The summed E-state index contributed by atoms with van der Waals surface area (Å²) in [5.41, 5.74) is 1.40. The van der Waals surface area contributed by atoms with Gasteiger partial charge < -0.3 is 13.9 Å². The predicted octanol–water partition coefficient (Wildman–Crippen LogP) is 3.18. The van der Waals surface area contributed by atoms with E-state index in [9.17, 15) is 9.59 Å². The van der Waals surface area contributed by atoms with E-state index in [1.807, 2.05) is 31.2 Å². The first-order chi connectivity index (χ1) is 15.4. The summed E-state index contributed by atoms with van der Waals surface area (Å²) in [5.74, 6) is 0.803. The van der Waals surface area contributed by atoms with E-state index < -0.39 is 12.0 Å². The Balaban J connectivity index is 1.91. The van der Waals surface area contributed by atoms with Crippen molar-refractivity contribution in [2.45, 2.75) is 39.8 Å². The van der Waals surface area contributed by atoms with Crippen molar-refractivity contribution in [3.05, 3.63) is 84.9 Å². The molecular weight excluding hydrogens is 428 g/mol. The molecule has 0 spiro atoms. The highest BCUT2D eigenvalue weighted by Gasteiger charge is 2.33. The number of carbonyl (C=O) groups is 1. The summed E-state index contributed by atoms with van der Waals surface area (Å²) < 4.78 is 18.5. The van der Waals surface area contributed by atoms with Gasteiger partial charge in [0.25, 0.3) is 5.56 Å². The van der Waals surface area contributed by atoms with E-state index in [4.69, 9.17) is 13.9 Å². The van der Waals surface area contributed by atoms with E-state index in [-0.39, 0.29) is 11.7 Å². The monoisotopic (exact) mass is 452 g/mol. The number of nitrogens with zero attached hydrogens (tertiary/aromatic N) is 2. The molecule has 0 N–H and O–H groups in total. The van der Waals surface area contributed by atoms with Gasteiger partial charge >= 0.3 is 5.97 Å².